The number of halogens is 1. The molecule has 0 heterocycles. The number of carbonyl (C=O) groups is 1. The predicted molar refractivity (Wildman–Crippen MR) is 70.6 cm³/mol. The van der Waals surface area contributed by atoms with Gasteiger partial charge in [0.25, 0.3) is 0 Å². The van der Waals surface area contributed by atoms with Gasteiger partial charge in [-0.15, -0.1) is 11.8 Å². The molecule has 92 valence electrons. The van der Waals surface area contributed by atoms with Crippen molar-refractivity contribution in [1.82, 2.24) is 0 Å². The van der Waals surface area contributed by atoms with Crippen LogP contribution in [-0.4, -0.2) is 17.3 Å². The zero-order valence-corrected chi connectivity index (χ0v) is 10.5. The second-order valence-electron chi connectivity index (χ2n) is 3.70. The van der Waals surface area contributed by atoms with Crippen LogP contribution >= 0.6 is 11.8 Å². The number of rotatable bonds is 3. The molecule has 1 N–H and O–H groups in total. The van der Waals surface area contributed by atoms with Gasteiger partial charge in [0.05, 0.1) is 5.56 Å². The summed E-state index contributed by atoms with van der Waals surface area (Å²) in [5.74, 6) is -1.47. The van der Waals surface area contributed by atoms with Crippen LogP contribution in [0, 0.1) is 5.82 Å². The Labute approximate surface area is 108 Å². The highest BCUT2D eigenvalue weighted by atomic mass is 32.2. The Balaban J connectivity index is 2.64. The van der Waals surface area contributed by atoms with Crippen molar-refractivity contribution < 1.29 is 14.3 Å². The second kappa shape index (κ2) is 5.23. The number of hydrogen-bond acceptors (Lipinski definition) is 2. The van der Waals surface area contributed by atoms with Gasteiger partial charge in [-0.2, -0.15) is 0 Å². The topological polar surface area (TPSA) is 37.3 Å². The quantitative estimate of drug-likeness (QED) is 0.852. The molecule has 0 aliphatic carbocycles. The molecule has 0 aliphatic heterocycles. The molecule has 2 aromatic rings. The normalized spacial score (nSPS) is 10.3. The fourth-order valence-corrected chi connectivity index (χ4v) is 2.18. The van der Waals surface area contributed by atoms with E-state index in [2.05, 4.69) is 0 Å². The number of carboxylic acid groups (broad SMARTS) is 1. The van der Waals surface area contributed by atoms with Gasteiger partial charge in [0.2, 0.25) is 0 Å². The maximum Gasteiger partial charge on any atom is 0.336 e. The molecule has 0 atom stereocenters. The number of hydrogen-bond donors (Lipinski definition) is 1. The lowest BCUT2D eigenvalue weighted by molar-refractivity contribution is 0.0697. The Morgan fingerprint density at radius 2 is 1.89 bits per heavy atom. The molecule has 2 aromatic carbocycles. The van der Waals surface area contributed by atoms with Crippen molar-refractivity contribution in [3.63, 3.8) is 0 Å². The van der Waals surface area contributed by atoms with Crippen LogP contribution in [0.2, 0.25) is 0 Å². The third-order valence-electron chi connectivity index (χ3n) is 2.62. The third-order valence-corrected chi connectivity index (χ3v) is 3.35. The summed E-state index contributed by atoms with van der Waals surface area (Å²) in [4.78, 5) is 12.1. The Morgan fingerprint density at radius 1 is 1.17 bits per heavy atom. The highest BCUT2D eigenvalue weighted by Gasteiger charge is 2.14. The summed E-state index contributed by atoms with van der Waals surface area (Å²) in [6.45, 7) is 0. The summed E-state index contributed by atoms with van der Waals surface area (Å²) in [5, 5.41) is 9.21. The minimum atomic E-state index is -1.05. The van der Waals surface area contributed by atoms with Gasteiger partial charge >= 0.3 is 5.97 Å². The lowest BCUT2D eigenvalue weighted by Crippen LogP contribution is -2.00. The van der Waals surface area contributed by atoms with Crippen molar-refractivity contribution in [2.75, 3.05) is 6.26 Å². The van der Waals surface area contributed by atoms with Gasteiger partial charge in [-0.1, -0.05) is 24.3 Å². The molecule has 0 fully saturated rings. The van der Waals surface area contributed by atoms with E-state index in [1.54, 1.807) is 36.4 Å². The Kier molecular flexibility index (Phi) is 3.67. The zero-order chi connectivity index (χ0) is 13.1. The van der Waals surface area contributed by atoms with Crippen molar-refractivity contribution in [3.05, 3.63) is 53.8 Å². The average molecular weight is 262 g/mol. The van der Waals surface area contributed by atoms with Crippen molar-refractivity contribution in [1.29, 1.82) is 0 Å². The first kappa shape index (κ1) is 12.6. The van der Waals surface area contributed by atoms with Gasteiger partial charge in [-0.3, -0.25) is 0 Å². The summed E-state index contributed by atoms with van der Waals surface area (Å²) in [6, 6.07) is 11.2. The van der Waals surface area contributed by atoms with E-state index in [4.69, 9.17) is 0 Å². The lowest BCUT2D eigenvalue weighted by Gasteiger charge is -2.08. The molecule has 0 unspecified atom stereocenters. The number of aromatic carboxylic acids is 1. The van der Waals surface area contributed by atoms with Crippen molar-refractivity contribution in [2.45, 2.75) is 4.90 Å². The van der Waals surface area contributed by atoms with Crippen LogP contribution in [0.3, 0.4) is 0 Å². The van der Waals surface area contributed by atoms with E-state index < -0.39 is 11.8 Å². The van der Waals surface area contributed by atoms with Crippen LogP contribution < -0.4 is 0 Å². The predicted octanol–water partition coefficient (Wildman–Crippen LogP) is 3.91. The molecule has 4 heteroatoms. The van der Waals surface area contributed by atoms with Crippen LogP contribution in [0.25, 0.3) is 11.1 Å². The first-order valence-electron chi connectivity index (χ1n) is 5.29. The molecule has 0 saturated heterocycles. The first-order valence-corrected chi connectivity index (χ1v) is 6.52. The Morgan fingerprint density at radius 3 is 2.50 bits per heavy atom. The van der Waals surface area contributed by atoms with Gasteiger partial charge < -0.3 is 5.11 Å². The molecule has 0 aliphatic rings. The summed E-state index contributed by atoms with van der Waals surface area (Å²) in [5.41, 5.74) is 0.827. The van der Waals surface area contributed by atoms with Gasteiger partial charge in [0.15, 0.2) is 0 Å². The first-order chi connectivity index (χ1) is 8.63. The maximum atomic E-state index is 13.7. The van der Waals surface area contributed by atoms with E-state index in [0.717, 1.165) is 4.90 Å². The van der Waals surface area contributed by atoms with Crippen LogP contribution in [-0.2, 0) is 0 Å². The number of thioether (sulfide) groups is 1. The van der Waals surface area contributed by atoms with E-state index in [9.17, 15) is 14.3 Å². The molecule has 2 nitrogen and oxygen atoms in total. The lowest BCUT2D eigenvalue weighted by atomic mass is 9.99. The van der Waals surface area contributed by atoms with Crippen LogP contribution in [0.5, 0.6) is 0 Å². The van der Waals surface area contributed by atoms with Crippen molar-refractivity contribution >= 4 is 17.7 Å². The van der Waals surface area contributed by atoms with E-state index in [0.29, 0.717) is 11.1 Å². The van der Waals surface area contributed by atoms with E-state index >= 15 is 0 Å². The van der Waals surface area contributed by atoms with Crippen LogP contribution in [0.4, 0.5) is 4.39 Å². The molecule has 18 heavy (non-hydrogen) atoms. The van der Waals surface area contributed by atoms with Gasteiger partial charge in [-0.25, -0.2) is 9.18 Å². The van der Waals surface area contributed by atoms with Crippen molar-refractivity contribution in [3.8, 4) is 11.1 Å². The highest BCUT2D eigenvalue weighted by Crippen LogP contribution is 2.29. The minimum absolute atomic E-state index is 0.118. The SMILES string of the molecule is CSc1ccc(-c2ccccc2F)c(C(=O)O)c1. The zero-order valence-electron chi connectivity index (χ0n) is 9.68. The summed E-state index contributed by atoms with van der Waals surface area (Å²) >= 11 is 1.45. The Bertz CT molecular complexity index is 596. The van der Waals surface area contributed by atoms with Crippen molar-refractivity contribution in [2.24, 2.45) is 0 Å². The monoisotopic (exact) mass is 262 g/mol. The van der Waals surface area contributed by atoms with Gasteiger partial charge in [0.1, 0.15) is 5.82 Å². The third kappa shape index (κ3) is 2.38. The fourth-order valence-electron chi connectivity index (χ4n) is 1.74. The average Bonchev–Trinajstić information content (AvgIpc) is 2.38. The molecule has 2 rings (SSSR count). The molecule has 0 amide bonds. The fraction of sp³-hybridized carbons (Fsp3) is 0.0714. The molecule has 0 radical (unpaired) electrons. The number of benzene rings is 2. The summed E-state index contributed by atoms with van der Waals surface area (Å²) in [7, 11) is 0. The van der Waals surface area contributed by atoms with Gasteiger partial charge in [-0.05, 0) is 30.0 Å². The largest absolute Gasteiger partial charge is 0.478 e. The maximum absolute atomic E-state index is 13.7. The molecular weight excluding hydrogens is 251 g/mol. The second-order valence-corrected chi connectivity index (χ2v) is 4.58. The number of carboxylic acids is 1. The molecule has 0 saturated carbocycles. The summed E-state index contributed by atoms with van der Waals surface area (Å²) < 4.78 is 13.7. The standard InChI is InChI=1S/C14H11FO2S/c1-18-9-6-7-10(12(8-9)14(16)17)11-4-2-3-5-13(11)15/h2-8H,1H3,(H,16,17). The van der Waals surface area contributed by atoms with E-state index in [1.807, 2.05) is 6.26 Å². The molecular formula is C14H11FO2S. The van der Waals surface area contributed by atoms with Gasteiger partial charge in [0, 0.05) is 10.5 Å². The minimum Gasteiger partial charge on any atom is -0.478 e. The smallest absolute Gasteiger partial charge is 0.336 e. The molecule has 0 spiro atoms. The molecule has 0 bridgehead atoms. The van der Waals surface area contributed by atoms with E-state index in [1.165, 1.54) is 17.8 Å². The Hall–Kier alpha value is -1.81. The highest BCUT2D eigenvalue weighted by molar-refractivity contribution is 7.98. The van der Waals surface area contributed by atoms with E-state index in [-0.39, 0.29) is 5.56 Å². The van der Waals surface area contributed by atoms with Crippen LogP contribution in [0.15, 0.2) is 47.4 Å². The van der Waals surface area contributed by atoms with Crippen LogP contribution in [0.1, 0.15) is 10.4 Å². The molecule has 0 aromatic heterocycles. The summed E-state index contributed by atoms with van der Waals surface area (Å²) in [6.07, 6.45) is 1.86.